The fourth-order valence-corrected chi connectivity index (χ4v) is 2.67. The summed E-state index contributed by atoms with van der Waals surface area (Å²) in [6.07, 6.45) is 2.19. The van der Waals surface area contributed by atoms with Crippen LogP contribution in [0.5, 0.6) is 0 Å². The molecular formula is C14H26N6O2S3. The van der Waals surface area contributed by atoms with Crippen molar-refractivity contribution in [2.45, 2.75) is 32.6 Å². The number of rotatable bonds is 8. The van der Waals surface area contributed by atoms with Crippen LogP contribution in [0.25, 0.3) is 0 Å². The molecule has 0 saturated carbocycles. The highest BCUT2D eigenvalue weighted by molar-refractivity contribution is 7.98. The first-order valence-electron chi connectivity index (χ1n) is 7.80. The van der Waals surface area contributed by atoms with Gasteiger partial charge in [-0.15, -0.1) is 0 Å². The molecule has 8 nitrogen and oxygen atoms in total. The van der Waals surface area contributed by atoms with Crippen molar-refractivity contribution in [1.29, 1.82) is 0 Å². The second-order valence-corrected chi connectivity index (χ2v) is 7.25. The average Bonchev–Trinajstić information content (AvgIpc) is 2.60. The number of nitrogens with zero attached hydrogens (tertiary/aromatic N) is 2. The van der Waals surface area contributed by atoms with E-state index in [1.54, 1.807) is 18.8 Å². The number of hydrogen-bond donors (Lipinski definition) is 5. The summed E-state index contributed by atoms with van der Waals surface area (Å²) in [5, 5.41) is 24.8. The van der Waals surface area contributed by atoms with Gasteiger partial charge in [-0.25, -0.2) is 0 Å². The van der Waals surface area contributed by atoms with Crippen LogP contribution in [-0.2, 0) is 4.74 Å². The zero-order chi connectivity index (χ0) is 18.8. The highest BCUT2D eigenvalue weighted by Gasteiger charge is 2.37. The minimum absolute atomic E-state index is 0.0343. The Balaban J connectivity index is 2.53. The maximum absolute atomic E-state index is 9.71. The van der Waals surface area contributed by atoms with Gasteiger partial charge in [-0.1, -0.05) is 0 Å². The SMILES string of the molecule is CNC(=S)N/N=C(C)/C(C)=N/NC(=S)NC(CCSC)C1COC1O. The average molecular weight is 407 g/mol. The maximum atomic E-state index is 9.71. The van der Waals surface area contributed by atoms with Crippen LogP contribution in [0.15, 0.2) is 10.2 Å². The Labute approximate surface area is 163 Å². The van der Waals surface area contributed by atoms with Crippen molar-refractivity contribution in [3.8, 4) is 0 Å². The number of thiocarbonyl (C=S) groups is 2. The van der Waals surface area contributed by atoms with E-state index in [1.165, 1.54) is 0 Å². The molecule has 0 radical (unpaired) electrons. The maximum Gasteiger partial charge on any atom is 0.187 e. The van der Waals surface area contributed by atoms with Crippen LogP contribution >= 0.6 is 36.2 Å². The molecule has 25 heavy (non-hydrogen) atoms. The fourth-order valence-electron chi connectivity index (χ4n) is 1.93. The van der Waals surface area contributed by atoms with Gasteiger partial charge in [0.2, 0.25) is 0 Å². The van der Waals surface area contributed by atoms with Crippen molar-refractivity contribution in [2.75, 3.05) is 25.7 Å². The molecule has 0 bridgehead atoms. The first kappa shape index (κ1) is 22.0. The molecule has 1 fully saturated rings. The molecular weight excluding hydrogens is 380 g/mol. The van der Waals surface area contributed by atoms with Crippen LogP contribution in [-0.4, -0.2) is 64.7 Å². The number of aliphatic hydroxyl groups is 1. The lowest BCUT2D eigenvalue weighted by molar-refractivity contribution is -0.239. The van der Waals surface area contributed by atoms with E-state index in [4.69, 9.17) is 29.2 Å². The van der Waals surface area contributed by atoms with Crippen molar-refractivity contribution < 1.29 is 9.84 Å². The van der Waals surface area contributed by atoms with Gasteiger partial charge in [0.1, 0.15) is 0 Å². The van der Waals surface area contributed by atoms with E-state index >= 15 is 0 Å². The van der Waals surface area contributed by atoms with Gasteiger partial charge in [0.15, 0.2) is 16.5 Å². The molecule has 0 aromatic rings. The molecule has 1 heterocycles. The van der Waals surface area contributed by atoms with Crippen molar-refractivity contribution >= 4 is 57.8 Å². The molecule has 0 amide bonds. The second kappa shape index (κ2) is 11.6. The van der Waals surface area contributed by atoms with E-state index in [0.717, 1.165) is 12.2 Å². The summed E-state index contributed by atoms with van der Waals surface area (Å²) in [5.74, 6) is 1.00. The van der Waals surface area contributed by atoms with E-state index in [0.29, 0.717) is 28.3 Å². The molecule has 0 aromatic heterocycles. The van der Waals surface area contributed by atoms with Crippen molar-refractivity contribution in [3.05, 3.63) is 0 Å². The van der Waals surface area contributed by atoms with Crippen LogP contribution in [0.2, 0.25) is 0 Å². The summed E-state index contributed by atoms with van der Waals surface area (Å²) in [6, 6.07) is 0.0381. The number of aliphatic hydroxyl groups excluding tert-OH is 1. The minimum Gasteiger partial charge on any atom is -0.368 e. The highest BCUT2D eigenvalue weighted by atomic mass is 32.2. The molecule has 1 rings (SSSR count). The molecule has 0 aliphatic carbocycles. The van der Waals surface area contributed by atoms with Gasteiger partial charge >= 0.3 is 0 Å². The largest absolute Gasteiger partial charge is 0.368 e. The predicted molar refractivity (Wildman–Crippen MR) is 112 cm³/mol. The van der Waals surface area contributed by atoms with Crippen molar-refractivity contribution in [2.24, 2.45) is 16.1 Å². The number of hydrazone groups is 2. The third-order valence-electron chi connectivity index (χ3n) is 3.69. The highest BCUT2D eigenvalue weighted by Crippen LogP contribution is 2.24. The third-order valence-corrected chi connectivity index (χ3v) is 4.84. The van der Waals surface area contributed by atoms with Gasteiger partial charge in [0.25, 0.3) is 0 Å². The molecule has 3 atom stereocenters. The zero-order valence-corrected chi connectivity index (χ0v) is 17.3. The zero-order valence-electron chi connectivity index (χ0n) is 14.8. The van der Waals surface area contributed by atoms with Gasteiger partial charge in [0.05, 0.1) is 23.9 Å². The molecule has 1 aliphatic rings. The van der Waals surface area contributed by atoms with Gasteiger partial charge in [-0.05, 0) is 56.7 Å². The van der Waals surface area contributed by atoms with Gasteiger partial charge < -0.3 is 20.5 Å². The first-order chi connectivity index (χ1) is 11.9. The standard InChI is InChI=1S/C14H26N6O2S3/c1-8(17-19-13(23)15-3)9(2)18-20-14(24)16-11(5-6-25-4)10-7-22-12(10)21/h10-12,21H,5-7H2,1-4H3,(H2,15,19,23)(H2,16,20,24)/b17-8+,18-9+. The van der Waals surface area contributed by atoms with E-state index in [-0.39, 0.29) is 12.0 Å². The minimum atomic E-state index is -0.733. The van der Waals surface area contributed by atoms with Crippen LogP contribution in [0, 0.1) is 5.92 Å². The summed E-state index contributed by atoms with van der Waals surface area (Å²) in [5.41, 5.74) is 6.86. The normalized spacial score (nSPS) is 21.8. The molecule has 5 N–H and O–H groups in total. The van der Waals surface area contributed by atoms with E-state index in [9.17, 15) is 5.11 Å². The van der Waals surface area contributed by atoms with E-state index in [1.807, 2.05) is 20.1 Å². The van der Waals surface area contributed by atoms with Crippen LogP contribution in [0.3, 0.4) is 0 Å². The lowest BCUT2D eigenvalue weighted by Gasteiger charge is -2.39. The Morgan fingerprint density at radius 3 is 2.28 bits per heavy atom. The summed E-state index contributed by atoms with van der Waals surface area (Å²) in [7, 11) is 1.71. The summed E-state index contributed by atoms with van der Waals surface area (Å²) in [4.78, 5) is 0. The van der Waals surface area contributed by atoms with Crippen LogP contribution in [0.4, 0.5) is 0 Å². The number of nitrogens with one attached hydrogen (secondary N) is 4. The molecule has 142 valence electrons. The van der Waals surface area contributed by atoms with Crippen molar-refractivity contribution in [3.63, 3.8) is 0 Å². The molecule has 3 unspecified atom stereocenters. The van der Waals surface area contributed by atoms with Crippen molar-refractivity contribution in [1.82, 2.24) is 21.5 Å². The van der Waals surface area contributed by atoms with E-state index in [2.05, 4.69) is 31.7 Å². The predicted octanol–water partition coefficient (Wildman–Crippen LogP) is 0.383. The van der Waals surface area contributed by atoms with E-state index < -0.39 is 6.29 Å². The Hall–Kier alpha value is -1.01. The topological polar surface area (TPSA) is 102 Å². The smallest absolute Gasteiger partial charge is 0.187 e. The van der Waals surface area contributed by atoms with Gasteiger partial charge in [0, 0.05) is 13.1 Å². The van der Waals surface area contributed by atoms with Gasteiger partial charge in [-0.2, -0.15) is 22.0 Å². The molecule has 0 spiro atoms. The van der Waals surface area contributed by atoms with Crippen LogP contribution in [0.1, 0.15) is 20.3 Å². The molecule has 0 aromatic carbocycles. The number of ether oxygens (including phenoxy) is 1. The Kier molecular flexibility index (Phi) is 10.2. The summed E-state index contributed by atoms with van der Waals surface area (Å²) in [6.45, 7) is 4.15. The molecule has 11 heteroatoms. The quantitative estimate of drug-likeness (QED) is 0.222. The van der Waals surface area contributed by atoms with Crippen LogP contribution < -0.4 is 21.5 Å². The molecule has 1 saturated heterocycles. The summed E-state index contributed by atoms with van der Waals surface area (Å²) < 4.78 is 5.05. The first-order valence-corrected chi connectivity index (χ1v) is 10.0. The monoisotopic (exact) mass is 406 g/mol. The second-order valence-electron chi connectivity index (χ2n) is 5.45. The number of hydrogen-bond acceptors (Lipinski definition) is 7. The Morgan fingerprint density at radius 2 is 1.84 bits per heavy atom. The fraction of sp³-hybridized carbons (Fsp3) is 0.714. The lowest BCUT2D eigenvalue weighted by atomic mass is 9.94. The molecule has 1 aliphatic heterocycles. The van der Waals surface area contributed by atoms with Gasteiger partial charge in [-0.3, -0.25) is 10.9 Å². The number of thioether (sulfide) groups is 1. The Morgan fingerprint density at radius 1 is 1.24 bits per heavy atom. The lowest BCUT2D eigenvalue weighted by Crippen LogP contribution is -2.55. The Bertz CT molecular complexity index is 529. The summed E-state index contributed by atoms with van der Waals surface area (Å²) >= 11 is 12.0. The third kappa shape index (κ3) is 7.82.